The molecule has 3 rings (SSSR count). The molecule has 0 unspecified atom stereocenters. The van der Waals surface area contributed by atoms with Crippen LogP contribution >= 0.6 is 0 Å². The number of nitrogens with one attached hydrogen (secondary N) is 1. The average Bonchev–Trinajstić information content (AvgIpc) is 3.16. The lowest BCUT2D eigenvalue weighted by atomic mass is 10.1. The van der Waals surface area contributed by atoms with Crippen molar-refractivity contribution in [1.82, 2.24) is 19.6 Å². The topological polar surface area (TPSA) is 63.4 Å². The molecule has 2 aromatic rings. The monoisotopic (exact) mass is 401 g/mol. The van der Waals surface area contributed by atoms with E-state index in [1.165, 1.54) is 5.56 Å². The number of pyridine rings is 1. The van der Waals surface area contributed by atoms with Gasteiger partial charge >= 0.3 is 0 Å². The molecule has 2 aromatic heterocycles. The molecule has 160 valence electrons. The number of ether oxygens (including phenoxy) is 2. The van der Waals surface area contributed by atoms with Gasteiger partial charge < -0.3 is 24.1 Å². The number of hydrogen-bond donors (Lipinski definition) is 1. The minimum atomic E-state index is 0.354. The van der Waals surface area contributed by atoms with Crippen LogP contribution in [0.15, 0.2) is 29.5 Å². The number of aryl methyl sites for hydroxylation is 1. The molecule has 3 heterocycles. The van der Waals surface area contributed by atoms with Gasteiger partial charge in [-0.25, -0.2) is 4.98 Å². The summed E-state index contributed by atoms with van der Waals surface area (Å²) in [5, 5.41) is 3.44. The first-order valence-corrected chi connectivity index (χ1v) is 10.8. The Morgan fingerprint density at radius 2 is 2.14 bits per heavy atom. The lowest BCUT2D eigenvalue weighted by Crippen LogP contribution is -2.47. The molecule has 1 N–H and O–H groups in total. The van der Waals surface area contributed by atoms with E-state index in [0.29, 0.717) is 6.10 Å². The molecule has 7 heteroatoms. The number of piperidine rings is 1. The van der Waals surface area contributed by atoms with E-state index in [9.17, 15) is 0 Å². The van der Waals surface area contributed by atoms with Crippen LogP contribution in [0, 0.1) is 6.92 Å². The van der Waals surface area contributed by atoms with Crippen LogP contribution in [0.2, 0.25) is 0 Å². The minimum absolute atomic E-state index is 0.354. The van der Waals surface area contributed by atoms with E-state index in [-0.39, 0.29) is 0 Å². The van der Waals surface area contributed by atoms with Gasteiger partial charge in [0.05, 0.1) is 11.8 Å². The summed E-state index contributed by atoms with van der Waals surface area (Å²) in [6, 6.07) is 4.15. The van der Waals surface area contributed by atoms with E-state index in [1.54, 1.807) is 7.11 Å². The zero-order valence-corrected chi connectivity index (χ0v) is 18.1. The largest absolute Gasteiger partial charge is 0.385 e. The van der Waals surface area contributed by atoms with Crippen LogP contribution in [-0.2, 0) is 15.9 Å². The quantitative estimate of drug-likeness (QED) is 0.398. The molecule has 0 aromatic carbocycles. The fraction of sp³-hybridized carbons (Fsp3) is 0.636. The number of methoxy groups -OCH3 is 1. The lowest BCUT2D eigenvalue weighted by molar-refractivity contribution is 0.00991. The highest BCUT2D eigenvalue weighted by molar-refractivity contribution is 5.80. The summed E-state index contributed by atoms with van der Waals surface area (Å²) in [6.07, 6.45) is 8.41. The molecule has 1 aliphatic rings. The van der Waals surface area contributed by atoms with Gasteiger partial charge in [0.25, 0.3) is 0 Å². The summed E-state index contributed by atoms with van der Waals surface area (Å²) in [4.78, 5) is 12.0. The highest BCUT2D eigenvalue weighted by Crippen LogP contribution is 2.15. The second-order valence-corrected chi connectivity index (χ2v) is 7.54. The average molecular weight is 402 g/mol. The second-order valence-electron chi connectivity index (χ2n) is 7.54. The molecule has 0 amide bonds. The molecule has 0 spiro atoms. The molecule has 1 saturated heterocycles. The Morgan fingerprint density at radius 1 is 1.31 bits per heavy atom. The Hall–Kier alpha value is -2.12. The summed E-state index contributed by atoms with van der Waals surface area (Å²) >= 11 is 0. The smallest absolute Gasteiger partial charge is 0.193 e. The summed E-state index contributed by atoms with van der Waals surface area (Å²) in [6.45, 7) is 9.33. The van der Waals surface area contributed by atoms with Crippen molar-refractivity contribution in [2.24, 2.45) is 4.99 Å². The van der Waals surface area contributed by atoms with E-state index in [1.807, 2.05) is 6.20 Å². The summed E-state index contributed by atoms with van der Waals surface area (Å²) in [5.74, 6) is 1.00. The summed E-state index contributed by atoms with van der Waals surface area (Å²) < 4.78 is 13.1. The van der Waals surface area contributed by atoms with E-state index >= 15 is 0 Å². The van der Waals surface area contributed by atoms with Crippen LogP contribution in [0.1, 0.15) is 37.4 Å². The normalized spacial score (nSPS) is 16.0. The van der Waals surface area contributed by atoms with Crippen LogP contribution in [0.25, 0.3) is 5.65 Å². The Bertz CT molecular complexity index is 781. The van der Waals surface area contributed by atoms with Crippen molar-refractivity contribution in [3.63, 3.8) is 0 Å². The van der Waals surface area contributed by atoms with Gasteiger partial charge in [0.15, 0.2) is 5.96 Å². The first-order chi connectivity index (χ1) is 14.2. The van der Waals surface area contributed by atoms with Gasteiger partial charge in [-0.05, 0) is 44.7 Å². The molecule has 0 aliphatic carbocycles. The predicted molar refractivity (Wildman–Crippen MR) is 117 cm³/mol. The van der Waals surface area contributed by atoms with Gasteiger partial charge in [0.1, 0.15) is 5.65 Å². The number of fused-ring (bicyclic) bond motifs is 1. The molecule has 1 aliphatic heterocycles. The third kappa shape index (κ3) is 6.18. The van der Waals surface area contributed by atoms with Crippen molar-refractivity contribution in [3.05, 3.63) is 35.8 Å². The van der Waals surface area contributed by atoms with Crippen molar-refractivity contribution in [2.45, 2.75) is 45.6 Å². The first-order valence-electron chi connectivity index (χ1n) is 10.8. The van der Waals surface area contributed by atoms with Crippen LogP contribution in [-0.4, -0.2) is 72.9 Å². The molecule has 7 nitrogen and oxygen atoms in total. The Kier molecular flexibility index (Phi) is 8.31. The van der Waals surface area contributed by atoms with Crippen LogP contribution in [0.3, 0.4) is 0 Å². The van der Waals surface area contributed by atoms with E-state index in [2.05, 4.69) is 46.8 Å². The number of aromatic nitrogens is 2. The number of hydrogen-bond acceptors (Lipinski definition) is 4. The summed E-state index contributed by atoms with van der Waals surface area (Å²) in [7, 11) is 1.73. The molecule has 0 bridgehead atoms. The van der Waals surface area contributed by atoms with Crippen LogP contribution in [0.4, 0.5) is 0 Å². The maximum Gasteiger partial charge on any atom is 0.193 e. The van der Waals surface area contributed by atoms with Gasteiger partial charge in [-0.1, -0.05) is 6.07 Å². The first kappa shape index (κ1) is 21.6. The SMILES string of the molecule is CCNC(=NCCc1cn2cccc(C)c2n1)N1CCC(OCCCOC)CC1. The predicted octanol–water partition coefficient (Wildman–Crippen LogP) is 2.67. The third-order valence-electron chi connectivity index (χ3n) is 5.28. The maximum absolute atomic E-state index is 5.97. The van der Waals surface area contributed by atoms with Crippen LogP contribution < -0.4 is 5.32 Å². The number of nitrogens with zero attached hydrogens (tertiary/aromatic N) is 4. The zero-order valence-electron chi connectivity index (χ0n) is 18.1. The number of rotatable bonds is 9. The molecule has 0 saturated carbocycles. The van der Waals surface area contributed by atoms with E-state index in [4.69, 9.17) is 19.5 Å². The van der Waals surface area contributed by atoms with Gasteiger partial charge in [-0.3, -0.25) is 4.99 Å². The maximum atomic E-state index is 5.97. The Labute approximate surface area is 174 Å². The molecule has 0 radical (unpaired) electrons. The highest BCUT2D eigenvalue weighted by atomic mass is 16.5. The van der Waals surface area contributed by atoms with E-state index in [0.717, 1.165) is 82.4 Å². The number of likely N-dealkylation sites (tertiary alicyclic amines) is 1. The van der Waals surface area contributed by atoms with Crippen molar-refractivity contribution in [2.75, 3.05) is 46.5 Å². The Morgan fingerprint density at radius 3 is 2.86 bits per heavy atom. The van der Waals surface area contributed by atoms with E-state index < -0.39 is 0 Å². The standard InChI is InChI=1S/C22H35N5O2/c1-4-23-22(26-13-9-20(10-14-26)29-16-6-15-28-3)24-11-8-19-17-27-12-5-7-18(2)21(27)25-19/h5,7,12,17,20H,4,6,8-11,13-16H2,1-3H3,(H,23,24). The fourth-order valence-electron chi connectivity index (χ4n) is 3.71. The second kappa shape index (κ2) is 11.2. The molecule has 0 atom stereocenters. The minimum Gasteiger partial charge on any atom is -0.385 e. The third-order valence-corrected chi connectivity index (χ3v) is 5.28. The van der Waals surface area contributed by atoms with Crippen molar-refractivity contribution >= 4 is 11.6 Å². The zero-order chi connectivity index (χ0) is 20.5. The Balaban J connectivity index is 1.50. The lowest BCUT2D eigenvalue weighted by Gasteiger charge is -2.34. The number of aliphatic imine (C=N–C) groups is 1. The van der Waals surface area contributed by atoms with Crippen molar-refractivity contribution in [1.29, 1.82) is 0 Å². The fourth-order valence-corrected chi connectivity index (χ4v) is 3.71. The van der Waals surface area contributed by atoms with Crippen molar-refractivity contribution < 1.29 is 9.47 Å². The van der Waals surface area contributed by atoms with Gasteiger partial charge in [-0.15, -0.1) is 0 Å². The highest BCUT2D eigenvalue weighted by Gasteiger charge is 2.21. The molecule has 1 fully saturated rings. The van der Waals surface area contributed by atoms with Crippen molar-refractivity contribution in [3.8, 4) is 0 Å². The van der Waals surface area contributed by atoms with Gasteiger partial charge in [0.2, 0.25) is 0 Å². The van der Waals surface area contributed by atoms with Gasteiger partial charge in [-0.2, -0.15) is 0 Å². The molecular weight excluding hydrogens is 366 g/mol. The number of imidazole rings is 1. The molecular formula is C22H35N5O2. The molecule has 29 heavy (non-hydrogen) atoms. The van der Waals surface area contributed by atoms with Crippen LogP contribution in [0.5, 0.6) is 0 Å². The number of guanidine groups is 1. The summed E-state index contributed by atoms with van der Waals surface area (Å²) in [5.41, 5.74) is 3.32. The van der Waals surface area contributed by atoms with Gasteiger partial charge in [0, 0.05) is 65.3 Å².